The smallest absolute Gasteiger partial charge is 0.264 e. The molecule has 0 aromatic heterocycles. The fourth-order valence-corrected chi connectivity index (χ4v) is 4.73. The Balaban J connectivity index is 1.80. The molecule has 0 radical (unpaired) electrons. The molecule has 0 heterocycles. The lowest BCUT2D eigenvalue weighted by Gasteiger charge is -2.24. The molecule has 6 nitrogen and oxygen atoms in total. The van der Waals surface area contributed by atoms with E-state index < -0.39 is 10.0 Å². The molecule has 0 aliphatic heterocycles. The van der Waals surface area contributed by atoms with E-state index in [9.17, 15) is 13.2 Å². The summed E-state index contributed by atoms with van der Waals surface area (Å²) in [6.45, 7) is 1.89. The van der Waals surface area contributed by atoms with E-state index in [0.717, 1.165) is 9.87 Å². The number of carbonyl (C=O) groups is 1. The van der Waals surface area contributed by atoms with Gasteiger partial charge in [0.2, 0.25) is 5.91 Å². The van der Waals surface area contributed by atoms with Gasteiger partial charge in [-0.15, -0.1) is 0 Å². The second-order valence-electron chi connectivity index (χ2n) is 7.06. The topological polar surface area (TPSA) is 75.7 Å². The minimum atomic E-state index is -3.96. The van der Waals surface area contributed by atoms with Crippen molar-refractivity contribution < 1.29 is 17.9 Å². The van der Waals surface area contributed by atoms with Gasteiger partial charge in [-0.3, -0.25) is 9.10 Å². The van der Waals surface area contributed by atoms with Crippen LogP contribution < -0.4 is 14.4 Å². The third-order valence-electron chi connectivity index (χ3n) is 4.86. The van der Waals surface area contributed by atoms with Gasteiger partial charge in [-0.25, -0.2) is 8.42 Å². The minimum absolute atomic E-state index is 0.103. The second-order valence-corrected chi connectivity index (χ2v) is 8.93. The lowest BCUT2D eigenvalue weighted by molar-refractivity contribution is -0.119. The van der Waals surface area contributed by atoms with Crippen LogP contribution in [-0.4, -0.2) is 34.5 Å². The number of anilines is 1. The number of benzene rings is 3. The largest absolute Gasteiger partial charge is 0.496 e. The molecule has 1 amide bonds. The Labute approximate surface area is 183 Å². The Morgan fingerprint density at radius 1 is 0.968 bits per heavy atom. The normalized spacial score (nSPS) is 11.0. The molecular formula is C24H26N2O4S. The maximum absolute atomic E-state index is 13.4. The lowest BCUT2D eigenvalue weighted by atomic mass is 10.1. The summed E-state index contributed by atoms with van der Waals surface area (Å²) in [5.74, 6) is 0.234. The maximum atomic E-state index is 13.4. The number of amides is 1. The first-order valence-corrected chi connectivity index (χ1v) is 11.4. The van der Waals surface area contributed by atoms with Gasteiger partial charge in [-0.1, -0.05) is 48.5 Å². The number of methoxy groups -OCH3 is 1. The summed E-state index contributed by atoms with van der Waals surface area (Å²) in [7, 11) is -2.42. The monoisotopic (exact) mass is 438 g/mol. The number of carbonyl (C=O) groups excluding carboxylic acids is 1. The van der Waals surface area contributed by atoms with Crippen LogP contribution in [0.15, 0.2) is 83.8 Å². The van der Waals surface area contributed by atoms with Crippen molar-refractivity contribution >= 4 is 21.6 Å². The quantitative estimate of drug-likeness (QED) is 0.554. The number of nitrogens with one attached hydrogen (secondary N) is 1. The number of hydrogen-bond acceptors (Lipinski definition) is 4. The van der Waals surface area contributed by atoms with Gasteiger partial charge in [-0.05, 0) is 54.8 Å². The molecule has 0 aliphatic carbocycles. The van der Waals surface area contributed by atoms with Gasteiger partial charge >= 0.3 is 0 Å². The number of nitrogens with zero attached hydrogens (tertiary/aromatic N) is 1. The molecule has 0 atom stereocenters. The van der Waals surface area contributed by atoms with Crippen molar-refractivity contribution in [2.75, 3.05) is 24.5 Å². The molecule has 3 rings (SSSR count). The summed E-state index contributed by atoms with van der Waals surface area (Å²) < 4.78 is 33.2. The summed E-state index contributed by atoms with van der Waals surface area (Å²) in [6, 6.07) is 23.1. The van der Waals surface area contributed by atoms with E-state index in [-0.39, 0.29) is 17.3 Å². The third kappa shape index (κ3) is 5.64. The number of aryl methyl sites for hydroxylation is 1. The van der Waals surface area contributed by atoms with Crippen LogP contribution in [0.2, 0.25) is 0 Å². The molecular weight excluding hydrogens is 412 g/mol. The number of sulfonamides is 1. The van der Waals surface area contributed by atoms with Crippen molar-refractivity contribution in [3.05, 3.63) is 90.0 Å². The summed E-state index contributed by atoms with van der Waals surface area (Å²) in [5.41, 5.74) is 2.22. The highest BCUT2D eigenvalue weighted by atomic mass is 32.2. The van der Waals surface area contributed by atoms with Gasteiger partial charge in [0.15, 0.2) is 0 Å². The Morgan fingerprint density at radius 3 is 2.23 bits per heavy atom. The lowest BCUT2D eigenvalue weighted by Crippen LogP contribution is -2.41. The highest BCUT2D eigenvalue weighted by Gasteiger charge is 2.27. The van der Waals surface area contributed by atoms with E-state index in [0.29, 0.717) is 30.0 Å². The standard InChI is InChI=1S/C24H26N2O4S/c1-19-17-22(13-14-23(19)30-2)31(28,29)26(21-11-7-4-8-12-21)18-24(27)25-16-15-20-9-5-3-6-10-20/h3-14,17H,15-16,18H2,1-2H3,(H,25,27). The molecule has 0 saturated carbocycles. The van der Waals surface area contributed by atoms with Gasteiger partial charge in [-0.2, -0.15) is 0 Å². The average Bonchev–Trinajstić information content (AvgIpc) is 2.78. The van der Waals surface area contributed by atoms with Crippen LogP contribution in [0.1, 0.15) is 11.1 Å². The summed E-state index contributed by atoms with van der Waals surface area (Å²) in [4.78, 5) is 12.7. The van der Waals surface area contributed by atoms with Crippen LogP contribution in [0.5, 0.6) is 5.75 Å². The van der Waals surface area contributed by atoms with E-state index in [2.05, 4.69) is 5.32 Å². The zero-order valence-corrected chi connectivity index (χ0v) is 18.4. The van der Waals surface area contributed by atoms with Crippen molar-refractivity contribution in [2.45, 2.75) is 18.2 Å². The highest BCUT2D eigenvalue weighted by molar-refractivity contribution is 7.92. The molecule has 0 fully saturated rings. The van der Waals surface area contributed by atoms with E-state index >= 15 is 0 Å². The van der Waals surface area contributed by atoms with Crippen molar-refractivity contribution in [2.24, 2.45) is 0 Å². The molecule has 3 aromatic rings. The van der Waals surface area contributed by atoms with Crippen LogP contribution in [-0.2, 0) is 21.2 Å². The van der Waals surface area contributed by atoms with Crippen molar-refractivity contribution in [1.29, 1.82) is 0 Å². The molecule has 0 aliphatic rings. The molecule has 162 valence electrons. The molecule has 0 saturated heterocycles. The van der Waals surface area contributed by atoms with Crippen molar-refractivity contribution in [3.63, 3.8) is 0 Å². The zero-order valence-electron chi connectivity index (χ0n) is 17.6. The third-order valence-corrected chi connectivity index (χ3v) is 6.63. The van der Waals surface area contributed by atoms with Crippen LogP contribution in [0.4, 0.5) is 5.69 Å². The summed E-state index contributed by atoms with van der Waals surface area (Å²) in [5, 5.41) is 2.82. The first-order chi connectivity index (χ1) is 14.9. The van der Waals surface area contributed by atoms with E-state index in [4.69, 9.17) is 4.74 Å². The number of para-hydroxylation sites is 1. The summed E-state index contributed by atoms with van der Waals surface area (Å²) >= 11 is 0. The van der Waals surface area contributed by atoms with Crippen LogP contribution in [0.3, 0.4) is 0 Å². The molecule has 0 spiro atoms. The minimum Gasteiger partial charge on any atom is -0.496 e. The van der Waals surface area contributed by atoms with E-state index in [1.165, 1.54) is 13.2 Å². The van der Waals surface area contributed by atoms with Gasteiger partial charge in [0.1, 0.15) is 12.3 Å². The molecule has 1 N–H and O–H groups in total. The molecule has 31 heavy (non-hydrogen) atoms. The predicted molar refractivity (Wildman–Crippen MR) is 122 cm³/mol. The van der Waals surface area contributed by atoms with Crippen molar-refractivity contribution in [1.82, 2.24) is 5.32 Å². The zero-order chi connectivity index (χ0) is 22.3. The van der Waals surface area contributed by atoms with E-state index in [1.807, 2.05) is 30.3 Å². The molecule has 0 bridgehead atoms. The molecule has 0 unspecified atom stereocenters. The fraction of sp³-hybridized carbons (Fsp3) is 0.208. The van der Waals surface area contributed by atoms with Gasteiger partial charge in [0.05, 0.1) is 17.7 Å². The highest BCUT2D eigenvalue weighted by Crippen LogP contribution is 2.27. The van der Waals surface area contributed by atoms with E-state index in [1.54, 1.807) is 49.4 Å². The van der Waals surface area contributed by atoms with Crippen LogP contribution in [0.25, 0.3) is 0 Å². The Bertz CT molecular complexity index is 1120. The SMILES string of the molecule is COc1ccc(S(=O)(=O)N(CC(=O)NCCc2ccccc2)c2ccccc2)cc1C. The predicted octanol–water partition coefficient (Wildman–Crippen LogP) is 3.56. The number of rotatable bonds is 9. The van der Waals surface area contributed by atoms with Gasteiger partial charge in [0, 0.05) is 6.54 Å². The first-order valence-electron chi connectivity index (χ1n) is 9.95. The van der Waals surface area contributed by atoms with Gasteiger partial charge < -0.3 is 10.1 Å². The average molecular weight is 439 g/mol. The Morgan fingerprint density at radius 2 is 1.61 bits per heavy atom. The fourth-order valence-electron chi connectivity index (χ4n) is 3.23. The molecule has 3 aromatic carbocycles. The molecule has 7 heteroatoms. The Hall–Kier alpha value is -3.32. The van der Waals surface area contributed by atoms with Crippen LogP contribution in [0, 0.1) is 6.92 Å². The maximum Gasteiger partial charge on any atom is 0.264 e. The summed E-state index contributed by atoms with van der Waals surface area (Å²) in [6.07, 6.45) is 0.669. The number of ether oxygens (including phenoxy) is 1. The van der Waals surface area contributed by atoms with Crippen LogP contribution >= 0.6 is 0 Å². The second kappa shape index (κ2) is 10.1. The first kappa shape index (κ1) is 22.4. The van der Waals surface area contributed by atoms with Crippen molar-refractivity contribution in [3.8, 4) is 5.75 Å². The number of hydrogen-bond donors (Lipinski definition) is 1. The van der Waals surface area contributed by atoms with Gasteiger partial charge in [0.25, 0.3) is 10.0 Å². The Kier molecular flexibility index (Phi) is 7.31.